The fourth-order valence-electron chi connectivity index (χ4n) is 2.58. The van der Waals surface area contributed by atoms with E-state index in [4.69, 9.17) is 4.74 Å². The first-order chi connectivity index (χ1) is 12.6. The predicted molar refractivity (Wildman–Crippen MR) is 107 cm³/mol. The van der Waals surface area contributed by atoms with Gasteiger partial charge in [-0.15, -0.1) is 0 Å². The van der Waals surface area contributed by atoms with Crippen molar-refractivity contribution in [1.29, 1.82) is 0 Å². The van der Waals surface area contributed by atoms with E-state index < -0.39 is 0 Å². The molecule has 4 heteroatoms. The standard InChI is InChI=1S/C22H20BrNO2/c1-16(18-7-3-2-4-8-18)24-22(25)19-13-11-17(12-14-19)15-26-21-10-6-5-9-20(21)23/h2-14,16H,15H2,1H3,(H,24,25)/t16-/m1/s1. The Balaban J connectivity index is 1.58. The highest BCUT2D eigenvalue weighted by Gasteiger charge is 2.11. The van der Waals surface area contributed by atoms with E-state index in [0.717, 1.165) is 21.3 Å². The van der Waals surface area contributed by atoms with Crippen molar-refractivity contribution in [2.75, 3.05) is 0 Å². The molecule has 0 aliphatic rings. The third-order valence-corrected chi connectivity index (χ3v) is 4.75. The van der Waals surface area contributed by atoms with Crippen LogP contribution in [0.1, 0.15) is 34.5 Å². The third kappa shape index (κ3) is 4.73. The molecule has 1 N–H and O–H groups in total. The minimum Gasteiger partial charge on any atom is -0.488 e. The second-order valence-electron chi connectivity index (χ2n) is 6.02. The summed E-state index contributed by atoms with van der Waals surface area (Å²) in [5, 5.41) is 3.02. The Bertz CT molecular complexity index is 863. The largest absolute Gasteiger partial charge is 0.488 e. The van der Waals surface area contributed by atoms with Gasteiger partial charge in [0, 0.05) is 5.56 Å². The second kappa shape index (κ2) is 8.68. The maximum Gasteiger partial charge on any atom is 0.251 e. The summed E-state index contributed by atoms with van der Waals surface area (Å²) in [4.78, 5) is 12.4. The van der Waals surface area contributed by atoms with E-state index in [0.29, 0.717) is 12.2 Å². The molecule has 0 spiro atoms. The van der Waals surface area contributed by atoms with Crippen LogP contribution in [0.5, 0.6) is 5.75 Å². The highest BCUT2D eigenvalue weighted by molar-refractivity contribution is 9.10. The monoisotopic (exact) mass is 409 g/mol. The minimum absolute atomic E-state index is 0.0397. The van der Waals surface area contributed by atoms with Crippen LogP contribution < -0.4 is 10.1 Å². The molecule has 3 aromatic carbocycles. The summed E-state index contributed by atoms with van der Waals surface area (Å²) in [6.45, 7) is 2.43. The molecule has 0 unspecified atom stereocenters. The summed E-state index contributed by atoms with van der Waals surface area (Å²) >= 11 is 3.46. The molecule has 0 bridgehead atoms. The SMILES string of the molecule is C[C@@H](NC(=O)c1ccc(COc2ccccc2Br)cc1)c1ccccc1. The maximum absolute atomic E-state index is 12.4. The molecule has 0 aromatic heterocycles. The number of hydrogen-bond donors (Lipinski definition) is 1. The number of carbonyl (C=O) groups excluding carboxylic acids is 1. The summed E-state index contributed by atoms with van der Waals surface area (Å²) < 4.78 is 6.72. The van der Waals surface area contributed by atoms with Crippen molar-refractivity contribution in [1.82, 2.24) is 5.32 Å². The molecule has 3 rings (SSSR count). The molecule has 0 fully saturated rings. The minimum atomic E-state index is -0.0837. The number of nitrogens with one attached hydrogen (secondary N) is 1. The van der Waals surface area contributed by atoms with Gasteiger partial charge in [-0.2, -0.15) is 0 Å². The van der Waals surface area contributed by atoms with E-state index >= 15 is 0 Å². The highest BCUT2D eigenvalue weighted by Crippen LogP contribution is 2.24. The molecule has 0 heterocycles. The molecule has 1 amide bonds. The molecular formula is C22H20BrNO2. The van der Waals surface area contributed by atoms with Crippen LogP contribution in [0.2, 0.25) is 0 Å². The van der Waals surface area contributed by atoms with Crippen molar-refractivity contribution in [3.63, 3.8) is 0 Å². The lowest BCUT2D eigenvalue weighted by molar-refractivity contribution is 0.0940. The van der Waals surface area contributed by atoms with Gasteiger partial charge in [0.05, 0.1) is 10.5 Å². The highest BCUT2D eigenvalue weighted by atomic mass is 79.9. The van der Waals surface area contributed by atoms with Crippen LogP contribution in [0.4, 0.5) is 0 Å². The van der Waals surface area contributed by atoms with Gasteiger partial charge in [-0.1, -0.05) is 54.6 Å². The van der Waals surface area contributed by atoms with E-state index in [-0.39, 0.29) is 11.9 Å². The average molecular weight is 410 g/mol. The van der Waals surface area contributed by atoms with Gasteiger partial charge in [0.2, 0.25) is 0 Å². The van der Waals surface area contributed by atoms with E-state index in [9.17, 15) is 4.79 Å². The van der Waals surface area contributed by atoms with E-state index in [1.807, 2.05) is 85.8 Å². The van der Waals surface area contributed by atoms with Gasteiger partial charge in [0.1, 0.15) is 12.4 Å². The van der Waals surface area contributed by atoms with Crippen LogP contribution in [0.25, 0.3) is 0 Å². The number of amides is 1. The Hall–Kier alpha value is -2.59. The molecule has 132 valence electrons. The Morgan fingerprint density at radius 2 is 1.62 bits per heavy atom. The molecule has 1 atom stereocenters. The molecule has 0 aliphatic heterocycles. The van der Waals surface area contributed by atoms with Gasteiger partial charge in [-0.25, -0.2) is 0 Å². The lowest BCUT2D eigenvalue weighted by atomic mass is 10.1. The van der Waals surface area contributed by atoms with Crippen molar-refractivity contribution >= 4 is 21.8 Å². The van der Waals surface area contributed by atoms with Gasteiger partial charge in [-0.3, -0.25) is 4.79 Å². The Kier molecular flexibility index (Phi) is 6.08. The Labute approximate surface area is 162 Å². The van der Waals surface area contributed by atoms with Crippen LogP contribution in [0.15, 0.2) is 83.3 Å². The zero-order valence-electron chi connectivity index (χ0n) is 14.5. The number of para-hydroxylation sites is 1. The molecule has 26 heavy (non-hydrogen) atoms. The first kappa shape index (κ1) is 18.2. The first-order valence-electron chi connectivity index (χ1n) is 8.45. The van der Waals surface area contributed by atoms with Crippen molar-refractivity contribution in [3.05, 3.63) is 100 Å². The normalized spacial score (nSPS) is 11.6. The number of ether oxygens (including phenoxy) is 1. The number of hydrogen-bond acceptors (Lipinski definition) is 2. The molecule has 0 saturated heterocycles. The molecule has 0 saturated carbocycles. The maximum atomic E-state index is 12.4. The van der Waals surface area contributed by atoms with E-state index in [1.165, 1.54) is 0 Å². The topological polar surface area (TPSA) is 38.3 Å². The zero-order valence-corrected chi connectivity index (χ0v) is 16.1. The lowest BCUT2D eigenvalue weighted by Crippen LogP contribution is -2.26. The van der Waals surface area contributed by atoms with E-state index in [2.05, 4.69) is 21.2 Å². The van der Waals surface area contributed by atoms with Gasteiger partial charge in [0.15, 0.2) is 0 Å². The number of benzene rings is 3. The van der Waals surface area contributed by atoms with Crippen LogP contribution >= 0.6 is 15.9 Å². The van der Waals surface area contributed by atoms with Crippen LogP contribution in [0, 0.1) is 0 Å². The van der Waals surface area contributed by atoms with Crippen molar-refractivity contribution < 1.29 is 9.53 Å². The zero-order chi connectivity index (χ0) is 18.4. The Morgan fingerprint density at radius 3 is 2.31 bits per heavy atom. The third-order valence-electron chi connectivity index (χ3n) is 4.09. The summed E-state index contributed by atoms with van der Waals surface area (Å²) in [5.74, 6) is 0.714. The fraction of sp³-hybridized carbons (Fsp3) is 0.136. The van der Waals surface area contributed by atoms with Gasteiger partial charge in [-0.05, 0) is 58.2 Å². The summed E-state index contributed by atoms with van der Waals surface area (Å²) in [7, 11) is 0. The smallest absolute Gasteiger partial charge is 0.251 e. The van der Waals surface area contributed by atoms with Gasteiger partial charge >= 0.3 is 0 Å². The molecule has 0 radical (unpaired) electrons. The van der Waals surface area contributed by atoms with Crippen molar-refractivity contribution in [3.8, 4) is 5.75 Å². The fourth-order valence-corrected chi connectivity index (χ4v) is 2.98. The van der Waals surface area contributed by atoms with E-state index in [1.54, 1.807) is 0 Å². The summed E-state index contributed by atoms with van der Waals surface area (Å²) in [6, 6.07) is 25.1. The van der Waals surface area contributed by atoms with Crippen LogP contribution in [-0.4, -0.2) is 5.91 Å². The summed E-state index contributed by atoms with van der Waals surface area (Å²) in [6.07, 6.45) is 0. The van der Waals surface area contributed by atoms with Crippen LogP contribution in [-0.2, 0) is 6.61 Å². The van der Waals surface area contributed by atoms with Crippen molar-refractivity contribution in [2.24, 2.45) is 0 Å². The predicted octanol–water partition coefficient (Wildman–Crippen LogP) is 5.52. The Morgan fingerprint density at radius 1 is 0.962 bits per heavy atom. The number of halogens is 1. The molecule has 3 aromatic rings. The van der Waals surface area contributed by atoms with Gasteiger partial charge in [0.25, 0.3) is 5.91 Å². The first-order valence-corrected chi connectivity index (χ1v) is 9.25. The molecular weight excluding hydrogens is 390 g/mol. The van der Waals surface area contributed by atoms with Gasteiger partial charge < -0.3 is 10.1 Å². The number of rotatable bonds is 6. The second-order valence-corrected chi connectivity index (χ2v) is 6.88. The average Bonchev–Trinajstić information content (AvgIpc) is 2.68. The summed E-state index contributed by atoms with van der Waals surface area (Å²) in [5.41, 5.74) is 2.73. The molecule has 0 aliphatic carbocycles. The number of carbonyl (C=O) groups is 1. The lowest BCUT2D eigenvalue weighted by Gasteiger charge is -2.14. The molecule has 3 nitrogen and oxygen atoms in total. The van der Waals surface area contributed by atoms with Crippen molar-refractivity contribution in [2.45, 2.75) is 19.6 Å². The van der Waals surface area contributed by atoms with Crippen LogP contribution in [0.3, 0.4) is 0 Å². The quantitative estimate of drug-likeness (QED) is 0.581.